The van der Waals surface area contributed by atoms with Gasteiger partial charge in [0.25, 0.3) is 17.7 Å². The number of hydrogen-bond acceptors (Lipinski definition) is 6. The molecular formula is C24H19FN6O3. The molecular weight excluding hydrogens is 439 g/mol. The third kappa shape index (κ3) is 4.31. The summed E-state index contributed by atoms with van der Waals surface area (Å²) in [5, 5.41) is 14.4. The first kappa shape index (κ1) is 22.5. The zero-order valence-electron chi connectivity index (χ0n) is 18.3. The molecule has 34 heavy (non-hydrogen) atoms. The first-order valence-electron chi connectivity index (χ1n) is 10.3. The largest absolute Gasteiger partial charge is 0.347 e. The first-order valence-corrected chi connectivity index (χ1v) is 10.3. The molecule has 0 saturated carbocycles. The highest BCUT2D eigenvalue weighted by atomic mass is 19.1. The minimum Gasteiger partial charge on any atom is -0.347 e. The van der Waals surface area contributed by atoms with Gasteiger partial charge in [-0.25, -0.2) is 14.4 Å². The molecule has 3 amide bonds. The Hall–Kier alpha value is -4.65. The van der Waals surface area contributed by atoms with E-state index in [1.807, 2.05) is 6.07 Å². The third-order valence-corrected chi connectivity index (χ3v) is 5.49. The van der Waals surface area contributed by atoms with Gasteiger partial charge in [0, 0.05) is 25.2 Å². The summed E-state index contributed by atoms with van der Waals surface area (Å²) in [6.07, 6.45) is 1.08. The van der Waals surface area contributed by atoms with Gasteiger partial charge in [-0.05, 0) is 36.2 Å². The van der Waals surface area contributed by atoms with Crippen LogP contribution in [0.15, 0.2) is 48.8 Å². The Kier molecular flexibility index (Phi) is 6.01. The molecule has 4 rings (SSSR count). The van der Waals surface area contributed by atoms with Crippen molar-refractivity contribution in [3.05, 3.63) is 88.3 Å². The van der Waals surface area contributed by atoms with Gasteiger partial charge in [-0.2, -0.15) is 5.26 Å². The summed E-state index contributed by atoms with van der Waals surface area (Å²) in [5.74, 6) is -1.89. The predicted octanol–water partition coefficient (Wildman–Crippen LogP) is 2.17. The molecule has 1 aliphatic heterocycles. The van der Waals surface area contributed by atoms with Crippen LogP contribution < -0.4 is 15.5 Å². The molecule has 0 bridgehead atoms. The second-order valence-electron chi connectivity index (χ2n) is 7.74. The fourth-order valence-corrected chi connectivity index (χ4v) is 3.63. The Bertz CT molecular complexity index is 1370. The smallest absolute Gasteiger partial charge is 0.270 e. The van der Waals surface area contributed by atoms with Crippen LogP contribution in [-0.4, -0.2) is 34.7 Å². The SMILES string of the molecule is Cc1cc(CNC(=O)c2cc(C(=O)N[C@H]3C(=O)N(C)c4cc(C#N)ccc43)ncn2)ccc1F. The lowest BCUT2D eigenvalue weighted by atomic mass is 10.1. The lowest BCUT2D eigenvalue weighted by Gasteiger charge is -2.13. The molecule has 0 saturated heterocycles. The predicted molar refractivity (Wildman–Crippen MR) is 119 cm³/mol. The number of nitrogens with one attached hydrogen (secondary N) is 2. The number of hydrogen-bond donors (Lipinski definition) is 2. The molecule has 170 valence electrons. The molecule has 1 aromatic heterocycles. The van der Waals surface area contributed by atoms with Crippen LogP contribution in [0.1, 0.15) is 49.3 Å². The number of anilines is 1. The van der Waals surface area contributed by atoms with Crippen molar-refractivity contribution < 1.29 is 18.8 Å². The van der Waals surface area contributed by atoms with Crippen molar-refractivity contribution >= 4 is 23.4 Å². The number of fused-ring (bicyclic) bond motifs is 1. The molecule has 0 radical (unpaired) electrons. The van der Waals surface area contributed by atoms with Crippen LogP contribution in [0.2, 0.25) is 0 Å². The molecule has 2 heterocycles. The Morgan fingerprint density at radius 3 is 2.56 bits per heavy atom. The molecule has 1 atom stereocenters. The van der Waals surface area contributed by atoms with Crippen molar-refractivity contribution in [2.45, 2.75) is 19.5 Å². The number of nitrogens with zero attached hydrogens (tertiary/aromatic N) is 4. The van der Waals surface area contributed by atoms with Gasteiger partial charge in [0.2, 0.25) is 0 Å². The van der Waals surface area contributed by atoms with Gasteiger partial charge < -0.3 is 15.5 Å². The highest BCUT2D eigenvalue weighted by molar-refractivity contribution is 6.07. The van der Waals surface area contributed by atoms with Crippen molar-refractivity contribution in [1.29, 1.82) is 5.26 Å². The first-order chi connectivity index (χ1) is 16.3. The topological polar surface area (TPSA) is 128 Å². The Labute approximate surface area is 194 Å². The molecule has 9 nitrogen and oxygen atoms in total. The molecule has 2 N–H and O–H groups in total. The van der Waals surface area contributed by atoms with Gasteiger partial charge in [0.1, 0.15) is 29.6 Å². The number of aromatic nitrogens is 2. The molecule has 1 aliphatic rings. The maximum Gasteiger partial charge on any atom is 0.270 e. The van der Waals surface area contributed by atoms with Gasteiger partial charge in [-0.3, -0.25) is 14.4 Å². The lowest BCUT2D eigenvalue weighted by molar-refractivity contribution is -0.119. The number of likely N-dealkylation sites (N-methyl/N-ethyl adjacent to an activating group) is 1. The van der Waals surface area contributed by atoms with Crippen molar-refractivity contribution in [2.75, 3.05) is 11.9 Å². The normalized spacial score (nSPS) is 14.4. The summed E-state index contributed by atoms with van der Waals surface area (Å²) in [6.45, 7) is 1.78. The lowest BCUT2D eigenvalue weighted by Crippen LogP contribution is -2.36. The molecule has 2 aromatic carbocycles. The van der Waals surface area contributed by atoms with Crippen LogP contribution in [0.4, 0.5) is 10.1 Å². The molecule has 0 unspecified atom stereocenters. The van der Waals surface area contributed by atoms with Gasteiger partial charge >= 0.3 is 0 Å². The second-order valence-corrected chi connectivity index (χ2v) is 7.74. The summed E-state index contributed by atoms with van der Waals surface area (Å²) in [5.41, 5.74) is 2.54. The van der Waals surface area contributed by atoms with Crippen LogP contribution >= 0.6 is 0 Å². The van der Waals surface area contributed by atoms with Gasteiger partial charge in [0.05, 0.1) is 17.3 Å². The number of carbonyl (C=O) groups excluding carboxylic acids is 3. The minimum atomic E-state index is -0.950. The van der Waals surface area contributed by atoms with E-state index in [9.17, 15) is 18.8 Å². The molecule has 0 aliphatic carbocycles. The maximum atomic E-state index is 13.4. The summed E-state index contributed by atoms with van der Waals surface area (Å²) in [7, 11) is 1.56. The average Bonchev–Trinajstić information content (AvgIpc) is 3.08. The quantitative estimate of drug-likeness (QED) is 0.603. The number of amides is 3. The standard InChI is InChI=1S/C24H19FN6O3/c1-13-7-15(4-6-17(13)25)11-27-22(32)18-9-19(29-12-28-18)23(33)30-21-16-5-3-14(10-26)8-20(16)31(2)24(21)34/h3-9,12,21H,11H2,1-2H3,(H,27,32)(H,30,33)/t21-/m1/s1. The van der Waals surface area contributed by atoms with E-state index in [1.54, 1.807) is 44.3 Å². The van der Waals surface area contributed by atoms with Gasteiger partial charge in [0.15, 0.2) is 0 Å². The second kappa shape index (κ2) is 9.07. The van der Waals surface area contributed by atoms with Crippen LogP contribution in [0.3, 0.4) is 0 Å². The number of benzene rings is 2. The van der Waals surface area contributed by atoms with Gasteiger partial charge in [-0.15, -0.1) is 0 Å². The Morgan fingerprint density at radius 1 is 1.12 bits per heavy atom. The van der Waals surface area contributed by atoms with E-state index in [2.05, 4.69) is 20.6 Å². The zero-order chi connectivity index (χ0) is 24.4. The fraction of sp³-hybridized carbons (Fsp3) is 0.167. The number of aryl methyl sites for hydroxylation is 1. The van der Waals surface area contributed by atoms with Crippen LogP contribution in [0.5, 0.6) is 0 Å². The summed E-state index contributed by atoms with van der Waals surface area (Å²) in [6, 6.07) is 11.6. The van der Waals surface area contributed by atoms with Crippen LogP contribution in [0, 0.1) is 24.1 Å². The monoisotopic (exact) mass is 458 g/mol. The Morgan fingerprint density at radius 2 is 1.85 bits per heavy atom. The summed E-state index contributed by atoms with van der Waals surface area (Å²) >= 11 is 0. The highest BCUT2D eigenvalue weighted by Crippen LogP contribution is 2.35. The molecule has 0 spiro atoms. The van der Waals surface area contributed by atoms with Gasteiger partial charge in [-0.1, -0.05) is 18.2 Å². The molecule has 10 heteroatoms. The van der Waals surface area contributed by atoms with Crippen molar-refractivity contribution in [2.24, 2.45) is 0 Å². The van der Waals surface area contributed by atoms with Crippen molar-refractivity contribution in [1.82, 2.24) is 20.6 Å². The summed E-state index contributed by atoms with van der Waals surface area (Å²) in [4.78, 5) is 47.2. The van der Waals surface area contributed by atoms with Crippen molar-refractivity contribution in [3.8, 4) is 6.07 Å². The summed E-state index contributed by atoms with van der Waals surface area (Å²) < 4.78 is 13.4. The minimum absolute atomic E-state index is 0.0343. The van der Waals surface area contributed by atoms with E-state index in [4.69, 9.17) is 5.26 Å². The zero-order valence-corrected chi connectivity index (χ0v) is 18.3. The van der Waals surface area contributed by atoms with E-state index in [-0.39, 0.29) is 29.7 Å². The van der Waals surface area contributed by atoms with E-state index >= 15 is 0 Å². The fourth-order valence-electron chi connectivity index (χ4n) is 3.63. The average molecular weight is 458 g/mol. The number of halogens is 1. The van der Waals surface area contributed by atoms with E-state index in [0.29, 0.717) is 27.9 Å². The van der Waals surface area contributed by atoms with Crippen LogP contribution in [-0.2, 0) is 11.3 Å². The van der Waals surface area contributed by atoms with E-state index in [0.717, 1.165) is 6.33 Å². The highest BCUT2D eigenvalue weighted by Gasteiger charge is 2.36. The third-order valence-electron chi connectivity index (χ3n) is 5.49. The number of carbonyl (C=O) groups is 3. The van der Waals surface area contributed by atoms with Crippen LogP contribution in [0.25, 0.3) is 0 Å². The number of rotatable bonds is 5. The Balaban J connectivity index is 1.47. The molecule has 3 aromatic rings. The van der Waals surface area contributed by atoms with Crippen molar-refractivity contribution in [3.63, 3.8) is 0 Å². The number of nitriles is 1. The maximum absolute atomic E-state index is 13.4. The van der Waals surface area contributed by atoms with E-state index < -0.39 is 17.9 Å². The molecule has 0 fully saturated rings. The van der Waals surface area contributed by atoms with E-state index in [1.165, 1.54) is 17.0 Å².